The zero-order valence-electron chi connectivity index (χ0n) is 12.3. The molecule has 23 heavy (non-hydrogen) atoms. The Bertz CT molecular complexity index is 690. The summed E-state index contributed by atoms with van der Waals surface area (Å²) in [4.78, 5) is 23.7. The van der Waals surface area contributed by atoms with Crippen LogP contribution in [0.5, 0.6) is 0 Å². The van der Waals surface area contributed by atoms with Crippen molar-refractivity contribution >= 4 is 35.0 Å². The quantitative estimate of drug-likeness (QED) is 0.840. The zero-order chi connectivity index (χ0) is 16.7. The Kier molecular flexibility index (Phi) is 6.44. The molecule has 0 saturated heterocycles. The summed E-state index contributed by atoms with van der Waals surface area (Å²) >= 11 is 11.8. The predicted molar refractivity (Wildman–Crippen MR) is 92.0 cm³/mol. The molecule has 0 heterocycles. The van der Waals surface area contributed by atoms with Crippen LogP contribution in [0.1, 0.15) is 15.9 Å². The van der Waals surface area contributed by atoms with Crippen molar-refractivity contribution in [2.45, 2.75) is 6.42 Å². The fourth-order valence-corrected chi connectivity index (χ4v) is 2.37. The van der Waals surface area contributed by atoms with Gasteiger partial charge in [-0.3, -0.25) is 9.59 Å². The van der Waals surface area contributed by atoms with Gasteiger partial charge in [-0.2, -0.15) is 0 Å². The summed E-state index contributed by atoms with van der Waals surface area (Å²) in [6, 6.07) is 14.6. The van der Waals surface area contributed by atoms with E-state index < -0.39 is 5.91 Å². The molecule has 0 unspecified atom stereocenters. The van der Waals surface area contributed by atoms with Gasteiger partial charge in [0.15, 0.2) is 0 Å². The standard InChI is InChI=1S/C17H16Cl2N2O2/c18-14-8-4-7-13(16(14)19)17(23)21-11-15(22)20-10-9-12-5-2-1-3-6-12/h1-8H,9-11H2,(H,20,22)(H,21,23). The van der Waals surface area contributed by atoms with Crippen LogP contribution in [0.4, 0.5) is 0 Å². The second-order valence-corrected chi connectivity index (χ2v) is 5.65. The summed E-state index contributed by atoms with van der Waals surface area (Å²) in [6.07, 6.45) is 0.737. The van der Waals surface area contributed by atoms with Crippen molar-refractivity contribution in [3.63, 3.8) is 0 Å². The van der Waals surface area contributed by atoms with Crippen molar-refractivity contribution in [1.82, 2.24) is 10.6 Å². The number of carbonyl (C=O) groups is 2. The molecule has 2 aromatic rings. The van der Waals surface area contributed by atoms with Crippen LogP contribution in [-0.4, -0.2) is 24.9 Å². The van der Waals surface area contributed by atoms with Gasteiger partial charge in [-0.1, -0.05) is 59.6 Å². The van der Waals surface area contributed by atoms with Crippen molar-refractivity contribution < 1.29 is 9.59 Å². The van der Waals surface area contributed by atoms with Gasteiger partial charge in [0.2, 0.25) is 5.91 Å². The third kappa shape index (κ3) is 5.27. The van der Waals surface area contributed by atoms with Crippen LogP contribution >= 0.6 is 23.2 Å². The third-order valence-corrected chi connectivity index (χ3v) is 4.00. The number of carbonyl (C=O) groups excluding carboxylic acids is 2. The molecule has 0 aliphatic carbocycles. The molecule has 0 aliphatic rings. The second-order valence-electron chi connectivity index (χ2n) is 4.87. The molecule has 0 spiro atoms. The topological polar surface area (TPSA) is 58.2 Å². The van der Waals surface area contributed by atoms with Crippen molar-refractivity contribution in [3.8, 4) is 0 Å². The zero-order valence-corrected chi connectivity index (χ0v) is 13.8. The van der Waals surface area contributed by atoms with Gasteiger partial charge in [0.05, 0.1) is 22.2 Å². The lowest BCUT2D eigenvalue weighted by atomic mass is 10.1. The normalized spacial score (nSPS) is 10.2. The molecule has 0 fully saturated rings. The van der Waals surface area contributed by atoms with E-state index in [-0.39, 0.29) is 23.0 Å². The lowest BCUT2D eigenvalue weighted by Gasteiger charge is -2.08. The number of amides is 2. The minimum absolute atomic E-state index is 0.115. The summed E-state index contributed by atoms with van der Waals surface area (Å²) in [5.74, 6) is -0.692. The van der Waals surface area contributed by atoms with Gasteiger partial charge in [-0.25, -0.2) is 0 Å². The van der Waals surface area contributed by atoms with Crippen LogP contribution in [-0.2, 0) is 11.2 Å². The molecule has 0 aliphatic heterocycles. The Morgan fingerprint density at radius 3 is 2.39 bits per heavy atom. The van der Waals surface area contributed by atoms with E-state index in [1.807, 2.05) is 30.3 Å². The number of rotatable bonds is 6. The highest BCUT2D eigenvalue weighted by atomic mass is 35.5. The van der Waals surface area contributed by atoms with Crippen LogP contribution in [0.15, 0.2) is 48.5 Å². The first kappa shape index (κ1) is 17.3. The Hall–Kier alpha value is -2.04. The number of hydrogen-bond donors (Lipinski definition) is 2. The van der Waals surface area contributed by atoms with Crippen molar-refractivity contribution in [1.29, 1.82) is 0 Å². The van der Waals surface area contributed by atoms with Gasteiger partial charge in [0.1, 0.15) is 0 Å². The van der Waals surface area contributed by atoms with E-state index in [1.165, 1.54) is 0 Å². The highest BCUT2D eigenvalue weighted by Gasteiger charge is 2.13. The number of hydrogen-bond acceptors (Lipinski definition) is 2. The van der Waals surface area contributed by atoms with Crippen LogP contribution in [0.25, 0.3) is 0 Å². The summed E-state index contributed by atoms with van der Waals surface area (Å²) in [5.41, 5.74) is 1.39. The predicted octanol–water partition coefficient (Wildman–Crippen LogP) is 3.08. The van der Waals surface area contributed by atoms with Gasteiger partial charge in [0.25, 0.3) is 5.91 Å². The molecule has 2 rings (SSSR count). The van der Waals surface area contributed by atoms with Gasteiger partial charge in [-0.05, 0) is 24.1 Å². The molecule has 0 bridgehead atoms. The Balaban J connectivity index is 1.76. The number of halogens is 2. The van der Waals surface area contributed by atoms with E-state index in [9.17, 15) is 9.59 Å². The van der Waals surface area contributed by atoms with E-state index in [0.29, 0.717) is 11.6 Å². The average molecular weight is 351 g/mol. The van der Waals surface area contributed by atoms with Crippen LogP contribution < -0.4 is 10.6 Å². The molecular formula is C17H16Cl2N2O2. The largest absolute Gasteiger partial charge is 0.354 e. The minimum atomic E-state index is -0.435. The monoisotopic (exact) mass is 350 g/mol. The van der Waals surface area contributed by atoms with Gasteiger partial charge < -0.3 is 10.6 Å². The van der Waals surface area contributed by atoms with Gasteiger partial charge in [0, 0.05) is 6.54 Å². The highest BCUT2D eigenvalue weighted by molar-refractivity contribution is 6.43. The molecule has 0 aromatic heterocycles. The van der Waals surface area contributed by atoms with Crippen molar-refractivity contribution in [2.24, 2.45) is 0 Å². The summed E-state index contributed by atoms with van der Waals surface area (Å²) in [6.45, 7) is 0.396. The van der Waals surface area contributed by atoms with Crippen LogP contribution in [0.2, 0.25) is 10.0 Å². The third-order valence-electron chi connectivity index (χ3n) is 3.18. The molecule has 0 saturated carbocycles. The maximum absolute atomic E-state index is 12.0. The maximum Gasteiger partial charge on any atom is 0.253 e. The first-order chi connectivity index (χ1) is 11.1. The molecule has 2 aromatic carbocycles. The second kappa shape index (κ2) is 8.56. The minimum Gasteiger partial charge on any atom is -0.354 e. The Labute approximate surface area is 144 Å². The van der Waals surface area contributed by atoms with Crippen LogP contribution in [0, 0.1) is 0 Å². The Morgan fingerprint density at radius 2 is 1.65 bits per heavy atom. The summed E-state index contributed by atoms with van der Waals surface area (Å²) in [5, 5.41) is 5.75. The summed E-state index contributed by atoms with van der Waals surface area (Å²) in [7, 11) is 0. The van der Waals surface area contributed by atoms with E-state index in [2.05, 4.69) is 10.6 Å². The Morgan fingerprint density at radius 1 is 0.913 bits per heavy atom. The number of benzene rings is 2. The van der Waals surface area contributed by atoms with E-state index >= 15 is 0 Å². The number of nitrogens with one attached hydrogen (secondary N) is 2. The maximum atomic E-state index is 12.0. The van der Waals surface area contributed by atoms with E-state index in [4.69, 9.17) is 23.2 Å². The smallest absolute Gasteiger partial charge is 0.253 e. The molecule has 0 radical (unpaired) electrons. The van der Waals surface area contributed by atoms with E-state index in [1.54, 1.807) is 18.2 Å². The lowest BCUT2D eigenvalue weighted by molar-refractivity contribution is -0.120. The van der Waals surface area contributed by atoms with Crippen LogP contribution in [0.3, 0.4) is 0 Å². The molecule has 6 heteroatoms. The van der Waals surface area contributed by atoms with E-state index in [0.717, 1.165) is 12.0 Å². The molecule has 120 valence electrons. The molecule has 4 nitrogen and oxygen atoms in total. The lowest BCUT2D eigenvalue weighted by Crippen LogP contribution is -2.37. The molecular weight excluding hydrogens is 335 g/mol. The highest BCUT2D eigenvalue weighted by Crippen LogP contribution is 2.25. The molecule has 2 amide bonds. The molecule has 0 atom stereocenters. The van der Waals surface area contributed by atoms with Crippen molar-refractivity contribution in [2.75, 3.05) is 13.1 Å². The first-order valence-electron chi connectivity index (χ1n) is 7.11. The summed E-state index contributed by atoms with van der Waals surface area (Å²) < 4.78 is 0. The molecule has 2 N–H and O–H groups in total. The SMILES string of the molecule is O=C(CNC(=O)c1cccc(Cl)c1Cl)NCCc1ccccc1. The average Bonchev–Trinajstić information content (AvgIpc) is 2.56. The first-order valence-corrected chi connectivity index (χ1v) is 7.86. The fourth-order valence-electron chi connectivity index (χ4n) is 1.99. The van der Waals surface area contributed by atoms with Gasteiger partial charge >= 0.3 is 0 Å². The van der Waals surface area contributed by atoms with Gasteiger partial charge in [-0.15, -0.1) is 0 Å². The van der Waals surface area contributed by atoms with Crippen molar-refractivity contribution in [3.05, 3.63) is 69.7 Å². The fraction of sp³-hybridized carbons (Fsp3) is 0.176.